The third-order valence-corrected chi connectivity index (χ3v) is 2.86. The van der Waals surface area contributed by atoms with Crippen LogP contribution in [0.2, 0.25) is 5.02 Å². The zero-order valence-corrected chi connectivity index (χ0v) is 10.2. The molecule has 2 rings (SSSR count). The molecule has 0 aromatic heterocycles. The summed E-state index contributed by atoms with van der Waals surface area (Å²) in [7, 11) is 0. The van der Waals surface area contributed by atoms with Gasteiger partial charge >= 0.3 is 0 Å². The van der Waals surface area contributed by atoms with Crippen molar-refractivity contribution in [2.45, 2.75) is 0 Å². The smallest absolute Gasteiger partial charge is 0.135 e. The first-order valence-electron chi connectivity index (χ1n) is 4.40. The van der Waals surface area contributed by atoms with E-state index in [9.17, 15) is 8.78 Å². The van der Waals surface area contributed by atoms with Gasteiger partial charge in [-0.2, -0.15) is 0 Å². The van der Waals surface area contributed by atoms with Crippen molar-refractivity contribution in [2.24, 2.45) is 0 Å². The molecule has 1 radical (unpaired) electrons. The van der Waals surface area contributed by atoms with Gasteiger partial charge in [-0.05, 0) is 24.3 Å². The summed E-state index contributed by atoms with van der Waals surface area (Å²) in [4.78, 5) is 0. The molecule has 0 spiro atoms. The van der Waals surface area contributed by atoms with Crippen LogP contribution in [0.25, 0.3) is 11.1 Å². The average Bonchev–Trinajstić information content (AvgIpc) is 2.19. The topological polar surface area (TPSA) is 0 Å². The molecule has 2 aromatic carbocycles. The van der Waals surface area contributed by atoms with Crippen LogP contribution in [0.5, 0.6) is 0 Å². The summed E-state index contributed by atoms with van der Waals surface area (Å²) in [5, 5.41) is 0.266. The lowest BCUT2D eigenvalue weighted by Crippen LogP contribution is -1.91. The molecule has 0 saturated heterocycles. The second kappa shape index (κ2) is 4.52. The van der Waals surface area contributed by atoms with E-state index in [-0.39, 0.29) is 10.6 Å². The highest BCUT2D eigenvalue weighted by Gasteiger charge is 2.14. The predicted molar refractivity (Wildman–Crippen MR) is 63.3 cm³/mol. The molecule has 0 nitrogen and oxygen atoms in total. The van der Waals surface area contributed by atoms with Crippen molar-refractivity contribution in [2.75, 3.05) is 0 Å². The average molecular weight is 303 g/mol. The van der Waals surface area contributed by atoms with Crippen LogP contribution < -0.4 is 0 Å². The maximum Gasteiger partial charge on any atom is 0.135 e. The van der Waals surface area contributed by atoms with Crippen molar-refractivity contribution in [3.63, 3.8) is 0 Å². The Morgan fingerprint density at radius 3 is 2.38 bits per heavy atom. The third-order valence-electron chi connectivity index (χ3n) is 2.09. The fourth-order valence-electron chi connectivity index (χ4n) is 1.41. The molecule has 0 atom stereocenters. The minimum atomic E-state index is -0.653. The van der Waals surface area contributed by atoms with Crippen molar-refractivity contribution in [3.8, 4) is 11.1 Å². The Labute approximate surface area is 105 Å². The van der Waals surface area contributed by atoms with Crippen LogP contribution in [0.3, 0.4) is 0 Å². The maximum absolute atomic E-state index is 13.6. The van der Waals surface area contributed by atoms with Gasteiger partial charge in [0.05, 0.1) is 5.56 Å². The first-order valence-corrected chi connectivity index (χ1v) is 5.57. The molecule has 0 N–H and O–H groups in total. The molecule has 81 valence electrons. The van der Waals surface area contributed by atoms with Crippen molar-refractivity contribution in [1.82, 2.24) is 0 Å². The van der Waals surface area contributed by atoms with Gasteiger partial charge in [0.25, 0.3) is 0 Å². The van der Waals surface area contributed by atoms with Gasteiger partial charge < -0.3 is 0 Å². The number of hydrogen-bond donors (Lipinski definition) is 0. The van der Waals surface area contributed by atoms with E-state index in [1.54, 1.807) is 6.07 Å². The first kappa shape index (κ1) is 11.6. The molecular weight excluding hydrogens is 297 g/mol. The summed E-state index contributed by atoms with van der Waals surface area (Å²) in [6.45, 7) is 0. The van der Waals surface area contributed by atoms with E-state index in [0.29, 0.717) is 10.0 Å². The van der Waals surface area contributed by atoms with Crippen LogP contribution in [0.15, 0.2) is 34.8 Å². The second-order valence-corrected chi connectivity index (χ2v) is 4.47. The van der Waals surface area contributed by atoms with Gasteiger partial charge in [0.2, 0.25) is 0 Å². The monoisotopic (exact) mass is 301 g/mol. The zero-order chi connectivity index (χ0) is 11.7. The minimum Gasteiger partial charge on any atom is -0.206 e. The highest BCUT2D eigenvalue weighted by molar-refractivity contribution is 9.10. The summed E-state index contributed by atoms with van der Waals surface area (Å²) < 4.78 is 27.6. The lowest BCUT2D eigenvalue weighted by molar-refractivity contribution is 0.588. The number of benzene rings is 2. The number of halogens is 4. The van der Waals surface area contributed by atoms with Gasteiger partial charge in [0.15, 0.2) is 0 Å². The van der Waals surface area contributed by atoms with Gasteiger partial charge in [0.1, 0.15) is 11.6 Å². The van der Waals surface area contributed by atoms with Crippen LogP contribution in [0, 0.1) is 17.7 Å². The highest BCUT2D eigenvalue weighted by Crippen LogP contribution is 2.33. The highest BCUT2D eigenvalue weighted by atomic mass is 79.9. The summed E-state index contributed by atoms with van der Waals surface area (Å²) in [5.74, 6) is -1.31. The standard InChI is InChI=1S/C12H5BrClF2/c13-7-5-10(15)12(11(16)6-7)8-3-1-2-4-9(8)14/h1,3-6H. The lowest BCUT2D eigenvalue weighted by Gasteiger charge is -2.07. The van der Waals surface area contributed by atoms with E-state index in [0.717, 1.165) is 0 Å². The van der Waals surface area contributed by atoms with E-state index in [1.807, 2.05) is 0 Å². The minimum absolute atomic E-state index is 0.123. The molecule has 16 heavy (non-hydrogen) atoms. The van der Waals surface area contributed by atoms with Crippen LogP contribution >= 0.6 is 27.5 Å². The fraction of sp³-hybridized carbons (Fsp3) is 0. The molecule has 0 unspecified atom stereocenters. The van der Waals surface area contributed by atoms with E-state index in [4.69, 9.17) is 11.6 Å². The fourth-order valence-corrected chi connectivity index (χ4v) is 2.03. The Bertz CT molecular complexity index is 517. The molecule has 0 amide bonds. The zero-order valence-electron chi connectivity index (χ0n) is 7.90. The Balaban J connectivity index is 2.70. The van der Waals surface area contributed by atoms with E-state index < -0.39 is 11.6 Å². The van der Waals surface area contributed by atoms with Crippen LogP contribution in [-0.2, 0) is 0 Å². The maximum atomic E-state index is 13.6. The first-order chi connectivity index (χ1) is 7.59. The summed E-state index contributed by atoms with van der Waals surface area (Å²) in [5.41, 5.74) is 0.199. The van der Waals surface area contributed by atoms with Crippen molar-refractivity contribution in [3.05, 3.63) is 57.5 Å². The lowest BCUT2D eigenvalue weighted by atomic mass is 10.0. The molecule has 0 aliphatic rings. The van der Waals surface area contributed by atoms with Gasteiger partial charge in [-0.3, -0.25) is 0 Å². The van der Waals surface area contributed by atoms with Crippen LogP contribution in [0.1, 0.15) is 0 Å². The molecule has 0 heterocycles. The van der Waals surface area contributed by atoms with Gasteiger partial charge in [-0.15, -0.1) is 0 Å². The van der Waals surface area contributed by atoms with Crippen molar-refractivity contribution >= 4 is 27.5 Å². The summed E-state index contributed by atoms with van der Waals surface area (Å²) in [6.07, 6.45) is 0. The Hall–Kier alpha value is -0.930. The van der Waals surface area contributed by atoms with Crippen LogP contribution in [0.4, 0.5) is 8.78 Å². The molecule has 4 heteroatoms. The molecule has 2 aromatic rings. The van der Waals surface area contributed by atoms with E-state index in [1.165, 1.54) is 24.3 Å². The predicted octanol–water partition coefficient (Wildman–Crippen LogP) is 4.85. The van der Waals surface area contributed by atoms with E-state index in [2.05, 4.69) is 22.0 Å². The molecule has 0 fully saturated rings. The Morgan fingerprint density at radius 2 is 1.81 bits per heavy atom. The molecule has 0 bridgehead atoms. The molecule has 0 aliphatic heterocycles. The Morgan fingerprint density at radius 1 is 1.19 bits per heavy atom. The van der Waals surface area contributed by atoms with Gasteiger partial charge in [-0.1, -0.05) is 39.7 Å². The van der Waals surface area contributed by atoms with E-state index >= 15 is 0 Å². The van der Waals surface area contributed by atoms with Gasteiger partial charge in [0, 0.05) is 15.1 Å². The van der Waals surface area contributed by atoms with Gasteiger partial charge in [-0.25, -0.2) is 8.78 Å². The largest absolute Gasteiger partial charge is 0.206 e. The number of rotatable bonds is 1. The van der Waals surface area contributed by atoms with Crippen molar-refractivity contribution in [1.29, 1.82) is 0 Å². The quantitative estimate of drug-likeness (QED) is 0.706. The van der Waals surface area contributed by atoms with Crippen molar-refractivity contribution < 1.29 is 8.78 Å². The normalized spacial score (nSPS) is 10.5. The SMILES string of the molecule is Fc1cc(Br)cc(F)c1-c1cc[c]cc1Cl. The summed E-state index contributed by atoms with van der Waals surface area (Å²) in [6, 6.07) is 9.69. The summed E-state index contributed by atoms with van der Waals surface area (Å²) >= 11 is 8.89. The Kier molecular flexibility index (Phi) is 3.26. The van der Waals surface area contributed by atoms with Crippen LogP contribution in [-0.4, -0.2) is 0 Å². The number of hydrogen-bond acceptors (Lipinski definition) is 0. The molecule has 0 saturated carbocycles. The third kappa shape index (κ3) is 2.11. The second-order valence-electron chi connectivity index (χ2n) is 3.15. The molecule has 0 aliphatic carbocycles. The molecular formula is C12H5BrClF2.